The van der Waals surface area contributed by atoms with Crippen molar-refractivity contribution in [1.29, 1.82) is 0 Å². The van der Waals surface area contributed by atoms with E-state index in [1.807, 2.05) is 0 Å². The number of benzene rings is 12. The molecule has 0 fully saturated rings. The van der Waals surface area contributed by atoms with Crippen LogP contribution in [-0.2, 0) is 0 Å². The van der Waals surface area contributed by atoms with Crippen molar-refractivity contribution in [3.8, 4) is 39.1 Å². The Morgan fingerprint density at radius 2 is 0.788 bits per heavy atom. The molecule has 12 aromatic carbocycles. The number of rotatable bonds is 7. The summed E-state index contributed by atoms with van der Waals surface area (Å²) in [6.07, 6.45) is 0. The zero-order valence-electron chi connectivity index (χ0n) is 36.1. The molecule has 0 unspecified atom stereocenters. The summed E-state index contributed by atoms with van der Waals surface area (Å²) in [5.74, 6) is 0. The lowest BCUT2D eigenvalue weighted by molar-refractivity contribution is 1.18. The Hall–Kier alpha value is -8.72. The van der Waals surface area contributed by atoms with Gasteiger partial charge in [0.2, 0.25) is 0 Å². The van der Waals surface area contributed by atoms with Crippen LogP contribution in [0.25, 0.3) is 104 Å². The SMILES string of the molecule is c1cc(-c2cccc3ccccc23)cc(N(c2ccc(-c3ccccc3-n3c4ccccc4c4cc5ccccc5cc43)cc2)c2cccc(-c3cc4ccccc4c4ccccc34)c2)c1. The lowest BCUT2D eigenvalue weighted by Gasteiger charge is -2.27. The molecule has 0 bridgehead atoms. The van der Waals surface area contributed by atoms with Crippen LogP contribution in [0.1, 0.15) is 0 Å². The second kappa shape index (κ2) is 15.5. The largest absolute Gasteiger partial charge is 0.310 e. The molecule has 2 heteroatoms. The van der Waals surface area contributed by atoms with E-state index in [0.29, 0.717) is 0 Å². The normalized spacial score (nSPS) is 11.6. The topological polar surface area (TPSA) is 8.17 Å². The molecule has 0 amide bonds. The molecule has 0 saturated heterocycles. The second-order valence-electron chi connectivity index (χ2n) is 17.3. The fraction of sp³-hybridized carbons (Fsp3) is 0. The van der Waals surface area contributed by atoms with Gasteiger partial charge in [0, 0.05) is 33.4 Å². The lowest BCUT2D eigenvalue weighted by atomic mass is 9.93. The summed E-state index contributed by atoms with van der Waals surface area (Å²) in [6, 6.07) is 93.4. The maximum atomic E-state index is 2.45. The summed E-state index contributed by atoms with van der Waals surface area (Å²) < 4.78 is 2.45. The molecule has 0 aliphatic carbocycles. The van der Waals surface area contributed by atoms with Crippen molar-refractivity contribution in [2.45, 2.75) is 0 Å². The number of nitrogens with zero attached hydrogens (tertiary/aromatic N) is 2. The molecule has 0 aliphatic heterocycles. The van der Waals surface area contributed by atoms with E-state index in [2.05, 4.69) is 264 Å². The highest BCUT2D eigenvalue weighted by Crippen LogP contribution is 2.43. The van der Waals surface area contributed by atoms with Crippen LogP contribution in [0.2, 0.25) is 0 Å². The maximum absolute atomic E-state index is 2.45. The molecule has 0 N–H and O–H groups in total. The summed E-state index contributed by atoms with van der Waals surface area (Å²) in [5, 5.41) is 12.5. The first-order valence-electron chi connectivity index (χ1n) is 22.7. The fourth-order valence-electron chi connectivity index (χ4n) is 10.5. The molecule has 0 aliphatic rings. The first kappa shape index (κ1) is 37.8. The second-order valence-corrected chi connectivity index (χ2v) is 17.3. The lowest BCUT2D eigenvalue weighted by Crippen LogP contribution is -2.10. The van der Waals surface area contributed by atoms with Gasteiger partial charge >= 0.3 is 0 Å². The van der Waals surface area contributed by atoms with Crippen LogP contribution < -0.4 is 4.90 Å². The predicted molar refractivity (Wildman–Crippen MR) is 282 cm³/mol. The van der Waals surface area contributed by atoms with Crippen LogP contribution >= 0.6 is 0 Å². The molecule has 13 rings (SSSR count). The standard InChI is InChI=1S/C64H42N2/c1-2-18-46-42-64-61(40-45(46)17-1)59-30-10-12-33-63(59)66(64)62-32-11-9-27-56(62)44-34-36-50(37-35-44)65(51-23-13-21-47(38-51)54-31-15-20-43-16-3-5-25-53(43)54)52-24-14-22-48(39-52)60-41-49-19-4-6-26-55(49)57-28-7-8-29-58(57)60/h1-42H. The Balaban J connectivity index is 0.973. The fourth-order valence-corrected chi connectivity index (χ4v) is 10.5. The van der Waals surface area contributed by atoms with Crippen molar-refractivity contribution < 1.29 is 0 Å². The molecule has 1 heterocycles. The summed E-state index contributed by atoms with van der Waals surface area (Å²) in [6.45, 7) is 0. The Labute approximate surface area is 383 Å². The molecule has 0 saturated carbocycles. The summed E-state index contributed by atoms with van der Waals surface area (Å²) in [4.78, 5) is 2.41. The van der Waals surface area contributed by atoms with Crippen molar-refractivity contribution in [3.05, 3.63) is 255 Å². The van der Waals surface area contributed by atoms with E-state index in [1.165, 1.54) is 92.7 Å². The van der Waals surface area contributed by atoms with Crippen LogP contribution in [0.15, 0.2) is 255 Å². The Morgan fingerprint density at radius 3 is 1.56 bits per heavy atom. The van der Waals surface area contributed by atoms with Crippen molar-refractivity contribution in [2.75, 3.05) is 4.90 Å². The van der Waals surface area contributed by atoms with Crippen LogP contribution in [0.3, 0.4) is 0 Å². The Kier molecular flexibility index (Phi) is 8.89. The molecule has 0 atom stereocenters. The van der Waals surface area contributed by atoms with Gasteiger partial charge in [-0.2, -0.15) is 0 Å². The van der Waals surface area contributed by atoms with Gasteiger partial charge in [-0.15, -0.1) is 0 Å². The van der Waals surface area contributed by atoms with Gasteiger partial charge in [-0.05, 0) is 138 Å². The summed E-state index contributed by atoms with van der Waals surface area (Å²) in [5.41, 5.74) is 13.9. The van der Waals surface area contributed by atoms with Gasteiger partial charge < -0.3 is 9.47 Å². The quantitative estimate of drug-likeness (QED) is 0.145. The van der Waals surface area contributed by atoms with Gasteiger partial charge in [-0.25, -0.2) is 0 Å². The minimum absolute atomic E-state index is 1.08. The van der Waals surface area contributed by atoms with Gasteiger partial charge in [0.25, 0.3) is 0 Å². The average molecular weight is 839 g/mol. The van der Waals surface area contributed by atoms with Gasteiger partial charge in [-0.1, -0.05) is 188 Å². The molecule has 66 heavy (non-hydrogen) atoms. The third-order valence-corrected chi connectivity index (χ3v) is 13.5. The highest BCUT2D eigenvalue weighted by Gasteiger charge is 2.19. The zero-order valence-corrected chi connectivity index (χ0v) is 36.1. The first-order chi connectivity index (χ1) is 32.7. The van der Waals surface area contributed by atoms with Crippen LogP contribution in [0.4, 0.5) is 17.1 Å². The minimum Gasteiger partial charge on any atom is -0.310 e. The number of fused-ring (bicyclic) bond motifs is 8. The highest BCUT2D eigenvalue weighted by molar-refractivity contribution is 6.15. The number of hydrogen-bond donors (Lipinski definition) is 0. The van der Waals surface area contributed by atoms with Gasteiger partial charge in [0.15, 0.2) is 0 Å². The van der Waals surface area contributed by atoms with E-state index < -0.39 is 0 Å². The van der Waals surface area contributed by atoms with Crippen molar-refractivity contribution in [2.24, 2.45) is 0 Å². The van der Waals surface area contributed by atoms with Crippen LogP contribution in [0, 0.1) is 0 Å². The molecule has 0 radical (unpaired) electrons. The summed E-state index contributed by atoms with van der Waals surface area (Å²) in [7, 11) is 0. The third-order valence-electron chi connectivity index (χ3n) is 13.5. The number of aromatic nitrogens is 1. The van der Waals surface area contributed by atoms with Crippen LogP contribution in [0.5, 0.6) is 0 Å². The highest BCUT2D eigenvalue weighted by atomic mass is 15.1. The summed E-state index contributed by atoms with van der Waals surface area (Å²) >= 11 is 0. The van der Waals surface area contributed by atoms with Gasteiger partial charge in [0.05, 0.1) is 16.7 Å². The molecule has 1 aromatic heterocycles. The van der Waals surface area contributed by atoms with E-state index >= 15 is 0 Å². The number of para-hydroxylation sites is 2. The predicted octanol–water partition coefficient (Wildman–Crippen LogP) is 17.9. The van der Waals surface area contributed by atoms with E-state index in [9.17, 15) is 0 Å². The van der Waals surface area contributed by atoms with E-state index in [4.69, 9.17) is 0 Å². The smallest absolute Gasteiger partial charge is 0.0547 e. The zero-order chi connectivity index (χ0) is 43.6. The molecular formula is C64H42N2. The van der Waals surface area contributed by atoms with E-state index in [0.717, 1.165) is 28.3 Å². The number of hydrogen-bond acceptors (Lipinski definition) is 1. The van der Waals surface area contributed by atoms with Gasteiger partial charge in [-0.3, -0.25) is 0 Å². The Morgan fingerprint density at radius 1 is 0.242 bits per heavy atom. The first-order valence-corrected chi connectivity index (χ1v) is 22.7. The maximum Gasteiger partial charge on any atom is 0.0547 e. The Bertz CT molecular complexity index is 4000. The minimum atomic E-state index is 1.08. The molecule has 13 aromatic rings. The van der Waals surface area contributed by atoms with E-state index in [1.54, 1.807) is 0 Å². The monoisotopic (exact) mass is 838 g/mol. The van der Waals surface area contributed by atoms with Crippen LogP contribution in [-0.4, -0.2) is 4.57 Å². The van der Waals surface area contributed by atoms with Crippen molar-refractivity contribution in [3.63, 3.8) is 0 Å². The van der Waals surface area contributed by atoms with E-state index in [-0.39, 0.29) is 0 Å². The van der Waals surface area contributed by atoms with Gasteiger partial charge in [0.1, 0.15) is 0 Å². The molecule has 308 valence electrons. The molecular weight excluding hydrogens is 797 g/mol. The molecule has 2 nitrogen and oxygen atoms in total. The molecule has 0 spiro atoms. The third kappa shape index (κ3) is 6.26. The number of anilines is 3. The average Bonchev–Trinajstić information content (AvgIpc) is 3.70. The van der Waals surface area contributed by atoms with Crippen molar-refractivity contribution >= 4 is 82.0 Å². The van der Waals surface area contributed by atoms with Crippen molar-refractivity contribution in [1.82, 2.24) is 4.57 Å².